The smallest absolute Gasteiger partial charge is 0.120 e. The highest BCUT2D eigenvalue weighted by molar-refractivity contribution is 5.34. The first-order valence-corrected chi connectivity index (χ1v) is 5.66. The van der Waals surface area contributed by atoms with Crippen molar-refractivity contribution < 1.29 is 5.11 Å². The van der Waals surface area contributed by atoms with Crippen molar-refractivity contribution in [2.75, 3.05) is 0 Å². The van der Waals surface area contributed by atoms with E-state index in [2.05, 4.69) is 10.4 Å². The van der Waals surface area contributed by atoms with Gasteiger partial charge in [0.15, 0.2) is 0 Å². The van der Waals surface area contributed by atoms with E-state index in [1.54, 1.807) is 12.3 Å². The molecule has 0 bridgehead atoms. The fraction of sp³-hybridized carbons (Fsp3) is 0.308. The van der Waals surface area contributed by atoms with Gasteiger partial charge in [0.25, 0.3) is 0 Å². The number of phenols is 1. The Hall–Kier alpha value is -1.81. The summed E-state index contributed by atoms with van der Waals surface area (Å²) in [5.74, 6) is 0.331. The molecule has 17 heavy (non-hydrogen) atoms. The second-order valence-electron chi connectivity index (χ2n) is 4.11. The third-order valence-electron chi connectivity index (χ3n) is 2.92. The fourth-order valence-corrected chi connectivity index (χ4v) is 1.80. The van der Waals surface area contributed by atoms with E-state index in [0.29, 0.717) is 5.75 Å². The summed E-state index contributed by atoms with van der Waals surface area (Å²) in [6.45, 7) is 2.76. The molecule has 1 aromatic heterocycles. The predicted molar refractivity (Wildman–Crippen MR) is 66.6 cm³/mol. The van der Waals surface area contributed by atoms with E-state index in [0.717, 1.165) is 17.8 Å². The van der Waals surface area contributed by atoms with Crippen LogP contribution in [0.2, 0.25) is 0 Å². The number of hydrogen-bond acceptors (Lipinski definition) is 3. The summed E-state index contributed by atoms with van der Waals surface area (Å²) in [6.07, 6.45) is 1.78. The van der Waals surface area contributed by atoms with E-state index in [9.17, 15) is 5.11 Å². The van der Waals surface area contributed by atoms with E-state index in [1.165, 1.54) is 0 Å². The molecular weight excluding hydrogens is 214 g/mol. The van der Waals surface area contributed by atoms with Gasteiger partial charge in [-0.3, -0.25) is 4.68 Å². The van der Waals surface area contributed by atoms with E-state index >= 15 is 0 Å². The lowest BCUT2D eigenvalue weighted by atomic mass is 10.1. The van der Waals surface area contributed by atoms with Crippen molar-refractivity contribution in [2.45, 2.75) is 19.5 Å². The zero-order valence-electron chi connectivity index (χ0n) is 10.1. The van der Waals surface area contributed by atoms with Crippen LogP contribution in [0.5, 0.6) is 5.75 Å². The van der Waals surface area contributed by atoms with E-state index < -0.39 is 0 Å². The van der Waals surface area contributed by atoms with Crippen LogP contribution in [0.1, 0.15) is 24.2 Å². The molecule has 0 aliphatic carbocycles. The summed E-state index contributed by atoms with van der Waals surface area (Å²) in [5, 5.41) is 17.2. The number of aromatic nitrogens is 2. The Labute approximate surface area is 101 Å². The number of rotatable bonds is 4. The van der Waals surface area contributed by atoms with Crippen molar-refractivity contribution >= 4 is 0 Å². The van der Waals surface area contributed by atoms with Crippen LogP contribution in [0.4, 0.5) is 0 Å². The van der Waals surface area contributed by atoms with Crippen molar-refractivity contribution in [1.29, 1.82) is 0 Å². The monoisotopic (exact) mass is 231 g/mol. The van der Waals surface area contributed by atoms with Gasteiger partial charge in [0, 0.05) is 31.4 Å². The summed E-state index contributed by atoms with van der Waals surface area (Å²) in [7, 11) is 1.92. The van der Waals surface area contributed by atoms with Crippen LogP contribution in [0, 0.1) is 0 Å². The molecule has 1 unspecified atom stereocenters. The second kappa shape index (κ2) is 5.01. The molecule has 2 N–H and O–H groups in total. The Balaban J connectivity index is 2.01. The lowest BCUT2D eigenvalue weighted by Crippen LogP contribution is -2.19. The minimum atomic E-state index is 0.103. The standard InChI is InChI=1S/C13H17N3O/c1-10(12-5-3-4-6-13(12)17)14-9-11-7-8-15-16(11)2/h3-8,10,14,17H,9H2,1-2H3. The molecule has 0 saturated heterocycles. The number of nitrogens with zero attached hydrogens (tertiary/aromatic N) is 2. The molecule has 2 rings (SSSR count). The van der Waals surface area contributed by atoms with Gasteiger partial charge < -0.3 is 10.4 Å². The van der Waals surface area contributed by atoms with Crippen LogP contribution in [0.15, 0.2) is 36.5 Å². The lowest BCUT2D eigenvalue weighted by Gasteiger charge is -2.15. The molecule has 1 aromatic carbocycles. The van der Waals surface area contributed by atoms with E-state index in [-0.39, 0.29) is 6.04 Å². The van der Waals surface area contributed by atoms with Crippen LogP contribution in [-0.2, 0) is 13.6 Å². The van der Waals surface area contributed by atoms with Crippen molar-refractivity contribution in [1.82, 2.24) is 15.1 Å². The normalized spacial score (nSPS) is 12.6. The fourth-order valence-electron chi connectivity index (χ4n) is 1.80. The third kappa shape index (κ3) is 2.65. The molecule has 0 saturated carbocycles. The minimum absolute atomic E-state index is 0.103. The molecular formula is C13H17N3O. The maximum absolute atomic E-state index is 9.74. The van der Waals surface area contributed by atoms with Crippen LogP contribution in [0.25, 0.3) is 0 Å². The highest BCUT2D eigenvalue weighted by Crippen LogP contribution is 2.23. The first-order chi connectivity index (χ1) is 8.18. The number of nitrogens with one attached hydrogen (secondary N) is 1. The highest BCUT2D eigenvalue weighted by atomic mass is 16.3. The number of hydrogen-bond donors (Lipinski definition) is 2. The molecule has 4 heteroatoms. The zero-order chi connectivity index (χ0) is 12.3. The van der Waals surface area contributed by atoms with Gasteiger partial charge in [0.1, 0.15) is 5.75 Å². The molecule has 0 aliphatic heterocycles. The van der Waals surface area contributed by atoms with Gasteiger partial charge in [0.05, 0.1) is 5.69 Å². The molecule has 4 nitrogen and oxygen atoms in total. The van der Waals surface area contributed by atoms with Crippen LogP contribution < -0.4 is 5.32 Å². The third-order valence-corrected chi connectivity index (χ3v) is 2.92. The van der Waals surface area contributed by atoms with Crippen molar-refractivity contribution in [2.24, 2.45) is 7.05 Å². The summed E-state index contributed by atoms with van der Waals surface area (Å²) >= 11 is 0. The largest absolute Gasteiger partial charge is 0.508 e. The Kier molecular flexibility index (Phi) is 3.44. The highest BCUT2D eigenvalue weighted by Gasteiger charge is 2.09. The second-order valence-corrected chi connectivity index (χ2v) is 4.11. The van der Waals surface area contributed by atoms with Gasteiger partial charge in [-0.05, 0) is 19.1 Å². The van der Waals surface area contributed by atoms with Gasteiger partial charge >= 0.3 is 0 Å². The maximum atomic E-state index is 9.74. The van der Waals surface area contributed by atoms with Crippen LogP contribution >= 0.6 is 0 Å². The SMILES string of the molecule is CC(NCc1ccnn1C)c1ccccc1O. The molecule has 90 valence electrons. The molecule has 0 radical (unpaired) electrons. The quantitative estimate of drug-likeness (QED) is 0.846. The molecule has 0 amide bonds. The number of benzene rings is 1. The molecule has 1 heterocycles. The summed E-state index contributed by atoms with van der Waals surface area (Å²) < 4.78 is 1.84. The van der Waals surface area contributed by atoms with Gasteiger partial charge in [0.2, 0.25) is 0 Å². The molecule has 1 atom stereocenters. The van der Waals surface area contributed by atoms with Gasteiger partial charge in [-0.2, -0.15) is 5.10 Å². The molecule has 0 fully saturated rings. The Morgan fingerprint density at radius 2 is 2.12 bits per heavy atom. The minimum Gasteiger partial charge on any atom is -0.508 e. The average Bonchev–Trinajstić information content (AvgIpc) is 2.72. The summed E-state index contributed by atoms with van der Waals surface area (Å²) in [4.78, 5) is 0. The lowest BCUT2D eigenvalue weighted by molar-refractivity contribution is 0.450. The first-order valence-electron chi connectivity index (χ1n) is 5.66. The molecule has 2 aromatic rings. The number of para-hydroxylation sites is 1. The Bertz CT molecular complexity index is 493. The van der Waals surface area contributed by atoms with Crippen molar-refractivity contribution in [3.63, 3.8) is 0 Å². The summed E-state index contributed by atoms with van der Waals surface area (Å²) in [6, 6.07) is 9.47. The number of aromatic hydroxyl groups is 1. The number of phenolic OH excluding ortho intramolecular Hbond substituents is 1. The first kappa shape index (κ1) is 11.7. The Morgan fingerprint density at radius 1 is 1.35 bits per heavy atom. The topological polar surface area (TPSA) is 50.1 Å². The zero-order valence-corrected chi connectivity index (χ0v) is 10.1. The van der Waals surface area contributed by atoms with Crippen molar-refractivity contribution in [3.05, 3.63) is 47.8 Å². The number of aryl methyl sites for hydroxylation is 1. The molecule has 0 aliphatic rings. The summed E-state index contributed by atoms with van der Waals surface area (Å²) in [5.41, 5.74) is 2.03. The predicted octanol–water partition coefficient (Wildman–Crippen LogP) is 1.98. The van der Waals surface area contributed by atoms with E-state index in [4.69, 9.17) is 0 Å². The van der Waals surface area contributed by atoms with Crippen LogP contribution in [0.3, 0.4) is 0 Å². The maximum Gasteiger partial charge on any atom is 0.120 e. The van der Waals surface area contributed by atoms with Crippen molar-refractivity contribution in [3.8, 4) is 5.75 Å². The van der Waals surface area contributed by atoms with Gasteiger partial charge in [-0.15, -0.1) is 0 Å². The van der Waals surface area contributed by atoms with Gasteiger partial charge in [-0.25, -0.2) is 0 Å². The Morgan fingerprint density at radius 3 is 2.76 bits per heavy atom. The molecule has 0 spiro atoms. The van der Waals surface area contributed by atoms with E-state index in [1.807, 2.05) is 42.9 Å². The van der Waals surface area contributed by atoms with Crippen LogP contribution in [-0.4, -0.2) is 14.9 Å². The van der Waals surface area contributed by atoms with Gasteiger partial charge in [-0.1, -0.05) is 18.2 Å². The average molecular weight is 231 g/mol.